The van der Waals surface area contributed by atoms with E-state index in [4.69, 9.17) is 4.42 Å². The molecule has 0 bridgehead atoms. The van der Waals surface area contributed by atoms with Crippen molar-refractivity contribution >= 4 is 26.9 Å². The molecular formula is C30H26N6O3S. The summed E-state index contributed by atoms with van der Waals surface area (Å²) in [6, 6.07) is 24.0. The Kier molecular flexibility index (Phi) is 6.19. The Labute approximate surface area is 231 Å². The third-order valence-electron chi connectivity index (χ3n) is 6.74. The lowest BCUT2D eigenvalue weighted by molar-refractivity contribution is 0.527. The maximum atomic E-state index is 13.7. The lowest BCUT2D eigenvalue weighted by Gasteiger charge is -2.25. The molecule has 10 heteroatoms. The summed E-state index contributed by atoms with van der Waals surface area (Å²) in [5.41, 5.74) is 3.27. The first kappa shape index (κ1) is 25.4. The van der Waals surface area contributed by atoms with Gasteiger partial charge in [0.15, 0.2) is 5.82 Å². The minimum atomic E-state index is -3.89. The van der Waals surface area contributed by atoms with Gasteiger partial charge in [-0.2, -0.15) is 0 Å². The Bertz CT molecular complexity index is 1910. The van der Waals surface area contributed by atoms with E-state index in [0.29, 0.717) is 33.7 Å². The molecule has 0 aliphatic rings. The fraction of sp³-hybridized carbons (Fsp3) is 0.133. The van der Waals surface area contributed by atoms with Crippen LogP contribution < -0.4 is 5.32 Å². The van der Waals surface area contributed by atoms with E-state index in [2.05, 4.69) is 25.5 Å². The van der Waals surface area contributed by atoms with Gasteiger partial charge in [-0.25, -0.2) is 22.4 Å². The molecule has 3 heterocycles. The lowest BCUT2D eigenvalue weighted by atomic mass is 9.95. The number of hydrogen-bond donors (Lipinski definition) is 1. The molecule has 0 atom stereocenters. The van der Waals surface area contributed by atoms with Gasteiger partial charge in [0.1, 0.15) is 0 Å². The van der Waals surface area contributed by atoms with Gasteiger partial charge >= 0.3 is 6.01 Å². The van der Waals surface area contributed by atoms with Gasteiger partial charge in [0.05, 0.1) is 16.0 Å². The second-order valence-electron chi connectivity index (χ2n) is 9.99. The summed E-state index contributed by atoms with van der Waals surface area (Å²) in [5.74, 6) is 0.697. The summed E-state index contributed by atoms with van der Waals surface area (Å²) < 4.78 is 34.6. The second-order valence-corrected chi connectivity index (χ2v) is 11.8. The van der Waals surface area contributed by atoms with Crippen LogP contribution in [0, 0.1) is 6.92 Å². The molecule has 200 valence electrons. The third-order valence-corrected chi connectivity index (χ3v) is 8.43. The number of benzene rings is 3. The van der Waals surface area contributed by atoms with E-state index in [1.807, 2.05) is 57.2 Å². The zero-order chi connectivity index (χ0) is 27.9. The van der Waals surface area contributed by atoms with Gasteiger partial charge in [0.25, 0.3) is 10.0 Å². The Morgan fingerprint density at radius 3 is 2.33 bits per heavy atom. The van der Waals surface area contributed by atoms with Crippen molar-refractivity contribution in [3.8, 4) is 22.8 Å². The first-order chi connectivity index (χ1) is 19.2. The minimum Gasteiger partial charge on any atom is -0.403 e. The molecule has 0 spiro atoms. The Morgan fingerprint density at radius 1 is 0.875 bits per heavy atom. The molecule has 0 unspecified atom stereocenters. The molecular weight excluding hydrogens is 524 g/mol. The number of nitrogens with one attached hydrogen (secondary N) is 1. The van der Waals surface area contributed by atoms with Crippen LogP contribution in [0.4, 0.5) is 6.01 Å². The highest BCUT2D eigenvalue weighted by atomic mass is 32.2. The van der Waals surface area contributed by atoms with Crippen molar-refractivity contribution in [1.82, 2.24) is 24.1 Å². The second kappa shape index (κ2) is 9.73. The molecule has 0 amide bonds. The van der Waals surface area contributed by atoms with Crippen molar-refractivity contribution in [2.75, 3.05) is 5.32 Å². The summed E-state index contributed by atoms with van der Waals surface area (Å²) in [6.07, 6.45) is 4.80. The van der Waals surface area contributed by atoms with Crippen molar-refractivity contribution in [3.05, 3.63) is 109 Å². The van der Waals surface area contributed by atoms with Crippen LogP contribution in [-0.4, -0.2) is 32.6 Å². The van der Waals surface area contributed by atoms with E-state index in [0.717, 1.165) is 11.1 Å². The number of fused-ring (bicyclic) bond motifs is 1. The third kappa shape index (κ3) is 4.62. The van der Waals surface area contributed by atoms with E-state index < -0.39 is 15.6 Å². The van der Waals surface area contributed by atoms with Gasteiger partial charge in [-0.3, -0.25) is 0 Å². The predicted molar refractivity (Wildman–Crippen MR) is 153 cm³/mol. The molecule has 6 rings (SSSR count). The first-order valence-electron chi connectivity index (χ1n) is 12.6. The van der Waals surface area contributed by atoms with Crippen molar-refractivity contribution in [2.24, 2.45) is 0 Å². The standard InChI is InChI=1S/C30H26N6O3S/c1-20-10-13-23(14-11-20)40(37,38)36-19-25(27-31-16-7-17-32-27)24-18-21(12-15-26(24)36)28-34-35-29(39-28)33-30(2,3)22-8-5-4-6-9-22/h4-19H,1-3H3,(H,33,35). The average Bonchev–Trinajstić information content (AvgIpc) is 3.59. The zero-order valence-electron chi connectivity index (χ0n) is 22.1. The van der Waals surface area contributed by atoms with Crippen LogP contribution in [0.5, 0.6) is 0 Å². The van der Waals surface area contributed by atoms with Gasteiger partial charge in [-0.1, -0.05) is 53.1 Å². The van der Waals surface area contributed by atoms with E-state index in [-0.39, 0.29) is 10.9 Å². The van der Waals surface area contributed by atoms with Gasteiger partial charge in [-0.05, 0) is 62.7 Å². The van der Waals surface area contributed by atoms with Gasteiger partial charge in [0.2, 0.25) is 5.89 Å². The topological polar surface area (TPSA) is 116 Å². The molecule has 3 aromatic heterocycles. The largest absolute Gasteiger partial charge is 0.403 e. The Hall–Kier alpha value is -4.83. The summed E-state index contributed by atoms with van der Waals surface area (Å²) in [7, 11) is -3.89. The smallest absolute Gasteiger partial charge is 0.316 e. The predicted octanol–water partition coefficient (Wildman–Crippen LogP) is 6.04. The van der Waals surface area contributed by atoms with E-state index in [1.165, 1.54) is 3.97 Å². The van der Waals surface area contributed by atoms with Crippen LogP contribution in [0.3, 0.4) is 0 Å². The number of hydrogen-bond acceptors (Lipinski definition) is 8. The monoisotopic (exact) mass is 550 g/mol. The molecule has 3 aromatic carbocycles. The molecule has 9 nitrogen and oxygen atoms in total. The molecule has 0 fully saturated rings. The normalized spacial score (nSPS) is 12.1. The minimum absolute atomic E-state index is 0.188. The van der Waals surface area contributed by atoms with Gasteiger partial charge in [-0.15, -0.1) is 5.10 Å². The Balaban J connectivity index is 1.43. The average molecular weight is 551 g/mol. The highest BCUT2D eigenvalue weighted by Gasteiger charge is 2.25. The van der Waals surface area contributed by atoms with Crippen LogP contribution in [0.25, 0.3) is 33.7 Å². The molecule has 0 saturated heterocycles. The van der Waals surface area contributed by atoms with Crippen LogP contribution in [0.2, 0.25) is 0 Å². The number of aromatic nitrogens is 5. The van der Waals surface area contributed by atoms with E-state index in [1.54, 1.807) is 61.1 Å². The van der Waals surface area contributed by atoms with E-state index >= 15 is 0 Å². The Morgan fingerprint density at radius 2 is 1.60 bits per heavy atom. The molecule has 0 aliphatic heterocycles. The number of nitrogens with zero attached hydrogens (tertiary/aromatic N) is 5. The highest BCUT2D eigenvalue weighted by molar-refractivity contribution is 7.90. The number of aryl methyl sites for hydroxylation is 1. The van der Waals surface area contributed by atoms with Crippen LogP contribution in [-0.2, 0) is 15.6 Å². The van der Waals surface area contributed by atoms with Crippen LogP contribution in [0.15, 0.2) is 107 Å². The molecule has 0 aliphatic carbocycles. The molecule has 40 heavy (non-hydrogen) atoms. The maximum absolute atomic E-state index is 13.7. The highest BCUT2D eigenvalue weighted by Crippen LogP contribution is 2.35. The molecule has 0 saturated carbocycles. The van der Waals surface area contributed by atoms with Crippen molar-refractivity contribution in [1.29, 1.82) is 0 Å². The first-order valence-corrected chi connectivity index (χ1v) is 14.1. The maximum Gasteiger partial charge on any atom is 0.316 e. The van der Waals surface area contributed by atoms with Crippen molar-refractivity contribution in [2.45, 2.75) is 31.2 Å². The summed E-state index contributed by atoms with van der Waals surface area (Å²) in [4.78, 5) is 8.94. The van der Waals surface area contributed by atoms with Crippen LogP contribution in [0.1, 0.15) is 25.0 Å². The fourth-order valence-corrected chi connectivity index (χ4v) is 5.93. The summed E-state index contributed by atoms with van der Waals surface area (Å²) in [5, 5.41) is 12.4. The van der Waals surface area contributed by atoms with E-state index in [9.17, 15) is 8.42 Å². The van der Waals surface area contributed by atoms with Gasteiger partial charge < -0.3 is 9.73 Å². The van der Waals surface area contributed by atoms with Crippen LogP contribution >= 0.6 is 0 Å². The quantitative estimate of drug-likeness (QED) is 0.256. The molecule has 6 aromatic rings. The number of rotatable bonds is 7. The fourth-order valence-electron chi connectivity index (χ4n) is 4.56. The SMILES string of the molecule is Cc1ccc(S(=O)(=O)n2cc(-c3ncccn3)c3cc(-c4nnc(NC(C)(C)c5ccccc5)o4)ccc32)cc1. The van der Waals surface area contributed by atoms with Gasteiger partial charge in [0, 0.05) is 35.1 Å². The van der Waals surface area contributed by atoms with Crippen molar-refractivity contribution < 1.29 is 12.8 Å². The number of anilines is 1. The summed E-state index contributed by atoms with van der Waals surface area (Å²) >= 11 is 0. The lowest BCUT2D eigenvalue weighted by Crippen LogP contribution is -2.27. The zero-order valence-corrected chi connectivity index (χ0v) is 22.9. The van der Waals surface area contributed by atoms with Crippen molar-refractivity contribution in [3.63, 3.8) is 0 Å². The summed E-state index contributed by atoms with van der Waals surface area (Å²) in [6.45, 7) is 5.97. The molecule has 1 N–H and O–H groups in total. The molecule has 0 radical (unpaired) electrons.